The predicted molar refractivity (Wildman–Crippen MR) is 86.7 cm³/mol. The number of nitrogens with zero attached hydrogens (tertiary/aromatic N) is 3. The number of aromatic carboxylic acids is 1. The summed E-state index contributed by atoms with van der Waals surface area (Å²) in [7, 11) is 0. The highest BCUT2D eigenvalue weighted by Crippen LogP contribution is 2.37. The molecule has 2 N–H and O–H groups in total. The van der Waals surface area contributed by atoms with E-state index < -0.39 is 28.0 Å². The summed E-state index contributed by atoms with van der Waals surface area (Å²) >= 11 is 0. The molecular formula is C16H16N4O6. The van der Waals surface area contributed by atoms with Gasteiger partial charge >= 0.3 is 5.97 Å². The fourth-order valence-corrected chi connectivity index (χ4v) is 3.14. The van der Waals surface area contributed by atoms with Gasteiger partial charge in [-0.2, -0.15) is 4.98 Å². The predicted octanol–water partition coefficient (Wildman–Crippen LogP) is 2.18. The van der Waals surface area contributed by atoms with Crippen LogP contribution in [-0.2, 0) is 5.54 Å². The van der Waals surface area contributed by atoms with E-state index in [1.807, 2.05) is 0 Å². The first-order valence-corrected chi connectivity index (χ1v) is 7.97. The molecule has 0 atom stereocenters. The van der Waals surface area contributed by atoms with Gasteiger partial charge in [-0.1, -0.05) is 18.0 Å². The third kappa shape index (κ3) is 3.25. The number of aromatic nitrogens is 2. The standard InChI is InChI=1S/C16H16N4O6/c1-9-17-15(19-26-9)16(4-2-3-5-16)18-13(21)10-6-11(14(22)23)8-12(7-10)20(24)25/h6-8H,2-5H2,1H3,(H,18,21)(H,22,23). The van der Waals surface area contributed by atoms with Crippen molar-refractivity contribution in [2.24, 2.45) is 0 Å². The second-order valence-corrected chi connectivity index (χ2v) is 6.21. The number of nitro benzene ring substituents is 1. The smallest absolute Gasteiger partial charge is 0.335 e. The molecule has 0 radical (unpaired) electrons. The summed E-state index contributed by atoms with van der Waals surface area (Å²) in [5.74, 6) is -1.26. The lowest BCUT2D eigenvalue weighted by atomic mass is 9.95. The normalized spacial score (nSPS) is 15.6. The average Bonchev–Trinajstić information content (AvgIpc) is 3.24. The molecule has 26 heavy (non-hydrogen) atoms. The molecule has 10 nitrogen and oxygen atoms in total. The zero-order valence-electron chi connectivity index (χ0n) is 13.9. The molecule has 1 heterocycles. The number of carboxylic acids is 1. The third-order valence-electron chi connectivity index (χ3n) is 4.40. The van der Waals surface area contributed by atoms with Gasteiger partial charge in [-0.15, -0.1) is 0 Å². The van der Waals surface area contributed by atoms with Crippen LogP contribution in [-0.4, -0.2) is 32.0 Å². The van der Waals surface area contributed by atoms with Gasteiger partial charge in [-0.3, -0.25) is 14.9 Å². The summed E-state index contributed by atoms with van der Waals surface area (Å²) < 4.78 is 5.01. The van der Waals surface area contributed by atoms with Crippen molar-refractivity contribution in [3.63, 3.8) is 0 Å². The van der Waals surface area contributed by atoms with E-state index in [9.17, 15) is 19.7 Å². The summed E-state index contributed by atoms with van der Waals surface area (Å²) in [6.07, 6.45) is 2.89. The highest BCUT2D eigenvalue weighted by Gasteiger charge is 2.41. The molecule has 0 unspecified atom stereocenters. The van der Waals surface area contributed by atoms with Crippen LogP contribution in [0.15, 0.2) is 22.7 Å². The first-order valence-electron chi connectivity index (χ1n) is 7.97. The summed E-state index contributed by atoms with van der Waals surface area (Å²) in [4.78, 5) is 38.4. The Morgan fingerprint density at radius 3 is 2.46 bits per heavy atom. The number of carbonyl (C=O) groups excluding carboxylic acids is 1. The number of carbonyl (C=O) groups is 2. The minimum Gasteiger partial charge on any atom is -0.478 e. The first-order chi connectivity index (χ1) is 12.3. The Bertz CT molecular complexity index is 852. The van der Waals surface area contributed by atoms with Crippen molar-refractivity contribution < 1.29 is 24.1 Å². The van der Waals surface area contributed by atoms with E-state index in [-0.39, 0.29) is 11.1 Å². The molecule has 0 spiro atoms. The molecule has 136 valence electrons. The molecule has 1 fully saturated rings. The topological polar surface area (TPSA) is 148 Å². The number of carboxylic acid groups (broad SMARTS) is 1. The fourth-order valence-electron chi connectivity index (χ4n) is 3.14. The van der Waals surface area contributed by atoms with E-state index in [1.165, 1.54) is 0 Å². The van der Waals surface area contributed by atoms with Crippen molar-refractivity contribution >= 4 is 17.6 Å². The fraction of sp³-hybridized carbons (Fsp3) is 0.375. The van der Waals surface area contributed by atoms with E-state index in [1.54, 1.807) is 6.92 Å². The van der Waals surface area contributed by atoms with E-state index in [2.05, 4.69) is 15.5 Å². The molecule has 1 aliphatic rings. The number of nitrogens with one attached hydrogen (secondary N) is 1. The van der Waals surface area contributed by atoms with Crippen LogP contribution in [0.1, 0.15) is 58.1 Å². The van der Waals surface area contributed by atoms with Crippen molar-refractivity contribution in [2.75, 3.05) is 0 Å². The number of hydrogen-bond acceptors (Lipinski definition) is 7. The van der Waals surface area contributed by atoms with Crippen LogP contribution in [0.4, 0.5) is 5.69 Å². The highest BCUT2D eigenvalue weighted by atomic mass is 16.6. The van der Waals surface area contributed by atoms with Crippen molar-refractivity contribution in [2.45, 2.75) is 38.1 Å². The number of benzene rings is 1. The Labute approximate surface area is 147 Å². The zero-order chi connectivity index (χ0) is 18.9. The maximum absolute atomic E-state index is 12.7. The lowest BCUT2D eigenvalue weighted by Crippen LogP contribution is -2.44. The Hall–Kier alpha value is -3.30. The van der Waals surface area contributed by atoms with E-state index >= 15 is 0 Å². The molecule has 1 aromatic heterocycles. The molecule has 1 aromatic carbocycles. The lowest BCUT2D eigenvalue weighted by Gasteiger charge is -2.26. The monoisotopic (exact) mass is 360 g/mol. The average molecular weight is 360 g/mol. The molecule has 1 aliphatic carbocycles. The second kappa shape index (κ2) is 6.54. The Kier molecular flexibility index (Phi) is 4.41. The summed E-state index contributed by atoms with van der Waals surface area (Å²) in [5, 5.41) is 26.9. The van der Waals surface area contributed by atoms with Crippen LogP contribution < -0.4 is 5.32 Å². The van der Waals surface area contributed by atoms with Crippen LogP contribution >= 0.6 is 0 Å². The highest BCUT2D eigenvalue weighted by molar-refractivity contribution is 5.98. The quantitative estimate of drug-likeness (QED) is 0.608. The Morgan fingerprint density at radius 1 is 1.27 bits per heavy atom. The maximum Gasteiger partial charge on any atom is 0.335 e. The summed E-state index contributed by atoms with van der Waals surface area (Å²) in [6, 6.07) is 3.06. The molecule has 1 saturated carbocycles. The molecule has 0 saturated heterocycles. The molecule has 1 amide bonds. The minimum absolute atomic E-state index is 0.108. The second-order valence-electron chi connectivity index (χ2n) is 6.21. The molecular weight excluding hydrogens is 344 g/mol. The van der Waals surface area contributed by atoms with Gasteiger partial charge in [0.1, 0.15) is 5.54 Å². The number of non-ortho nitro benzene ring substituents is 1. The Balaban J connectivity index is 1.96. The van der Waals surface area contributed by atoms with Gasteiger partial charge in [0, 0.05) is 24.6 Å². The molecule has 0 bridgehead atoms. The SMILES string of the molecule is Cc1nc(C2(NC(=O)c3cc(C(=O)O)cc([N+](=O)[O-])c3)CCCC2)no1. The van der Waals surface area contributed by atoms with Crippen molar-refractivity contribution in [1.29, 1.82) is 0 Å². The number of amides is 1. The van der Waals surface area contributed by atoms with Gasteiger partial charge in [0.2, 0.25) is 5.89 Å². The summed E-state index contributed by atoms with van der Waals surface area (Å²) in [5.41, 5.74) is -1.74. The zero-order valence-corrected chi connectivity index (χ0v) is 13.9. The molecule has 10 heteroatoms. The van der Waals surface area contributed by atoms with Crippen LogP contribution in [0.25, 0.3) is 0 Å². The van der Waals surface area contributed by atoms with Crippen LogP contribution in [0, 0.1) is 17.0 Å². The van der Waals surface area contributed by atoms with Gasteiger partial charge < -0.3 is 14.9 Å². The van der Waals surface area contributed by atoms with E-state index in [4.69, 9.17) is 9.63 Å². The lowest BCUT2D eigenvalue weighted by molar-refractivity contribution is -0.384. The molecule has 3 rings (SSSR count). The van der Waals surface area contributed by atoms with E-state index in [0.29, 0.717) is 24.6 Å². The Morgan fingerprint density at radius 2 is 1.92 bits per heavy atom. The van der Waals surface area contributed by atoms with Gasteiger partial charge in [-0.25, -0.2) is 4.79 Å². The summed E-state index contributed by atoms with van der Waals surface area (Å²) in [6.45, 7) is 1.64. The van der Waals surface area contributed by atoms with Crippen molar-refractivity contribution in [1.82, 2.24) is 15.5 Å². The molecule has 0 aliphatic heterocycles. The van der Waals surface area contributed by atoms with Gasteiger partial charge in [-0.05, 0) is 18.9 Å². The van der Waals surface area contributed by atoms with Crippen molar-refractivity contribution in [3.05, 3.63) is 51.2 Å². The number of rotatable bonds is 5. The van der Waals surface area contributed by atoms with Crippen LogP contribution in [0.3, 0.4) is 0 Å². The largest absolute Gasteiger partial charge is 0.478 e. The minimum atomic E-state index is -1.35. The van der Waals surface area contributed by atoms with Crippen LogP contribution in [0.5, 0.6) is 0 Å². The van der Waals surface area contributed by atoms with E-state index in [0.717, 1.165) is 31.0 Å². The van der Waals surface area contributed by atoms with Crippen LogP contribution in [0.2, 0.25) is 0 Å². The number of nitro groups is 1. The van der Waals surface area contributed by atoms with Gasteiger partial charge in [0.05, 0.1) is 10.5 Å². The first kappa shape index (κ1) is 17.5. The third-order valence-corrected chi connectivity index (χ3v) is 4.40. The van der Waals surface area contributed by atoms with Crippen molar-refractivity contribution in [3.8, 4) is 0 Å². The molecule has 2 aromatic rings. The maximum atomic E-state index is 12.7. The van der Waals surface area contributed by atoms with Gasteiger partial charge in [0.15, 0.2) is 5.82 Å². The number of hydrogen-bond donors (Lipinski definition) is 2. The van der Waals surface area contributed by atoms with Gasteiger partial charge in [0.25, 0.3) is 11.6 Å². The number of aryl methyl sites for hydroxylation is 1.